The fraction of sp³-hybridized carbons (Fsp3) is 0.611. The number of rotatable bonds is 8. The van der Waals surface area contributed by atoms with Crippen LogP contribution in [-0.4, -0.2) is 29.2 Å². The van der Waals surface area contributed by atoms with Crippen LogP contribution in [0.15, 0.2) is 29.2 Å². The SMILES string of the molecule is Cc1ccc(SCCC(=O)NCCSC2CCCCC2)cc1. The van der Waals surface area contributed by atoms with Crippen molar-refractivity contribution < 1.29 is 4.79 Å². The molecule has 1 N–H and O–H groups in total. The van der Waals surface area contributed by atoms with Crippen LogP contribution in [0.2, 0.25) is 0 Å². The molecule has 0 atom stereocenters. The zero-order valence-electron chi connectivity index (χ0n) is 13.5. The molecule has 0 radical (unpaired) electrons. The number of benzene rings is 1. The summed E-state index contributed by atoms with van der Waals surface area (Å²) >= 11 is 3.79. The second-order valence-corrected chi connectivity index (χ2v) is 8.47. The van der Waals surface area contributed by atoms with Gasteiger partial charge in [-0.25, -0.2) is 0 Å². The Kier molecular flexibility index (Phi) is 8.24. The van der Waals surface area contributed by atoms with Gasteiger partial charge in [0.05, 0.1) is 0 Å². The van der Waals surface area contributed by atoms with Crippen molar-refractivity contribution in [3.05, 3.63) is 29.8 Å². The zero-order chi connectivity index (χ0) is 15.6. The highest BCUT2D eigenvalue weighted by molar-refractivity contribution is 8.00. The quantitative estimate of drug-likeness (QED) is 0.552. The molecule has 22 heavy (non-hydrogen) atoms. The standard InChI is InChI=1S/C18H27NOS2/c1-15-7-9-17(10-8-15)21-13-11-18(20)19-12-14-22-16-5-3-2-4-6-16/h7-10,16H,2-6,11-14H2,1H3,(H,19,20). The first-order valence-electron chi connectivity index (χ1n) is 8.32. The minimum atomic E-state index is 0.184. The van der Waals surface area contributed by atoms with Crippen LogP contribution < -0.4 is 5.32 Å². The summed E-state index contributed by atoms with van der Waals surface area (Å²) in [5, 5.41) is 3.88. The molecule has 2 rings (SSSR count). The second kappa shape index (κ2) is 10.2. The summed E-state index contributed by atoms with van der Waals surface area (Å²) in [6.45, 7) is 2.91. The molecule has 1 aromatic carbocycles. The highest BCUT2D eigenvalue weighted by Crippen LogP contribution is 2.27. The van der Waals surface area contributed by atoms with Gasteiger partial charge in [0.25, 0.3) is 0 Å². The third-order valence-electron chi connectivity index (χ3n) is 3.95. The lowest BCUT2D eigenvalue weighted by molar-refractivity contribution is -0.120. The van der Waals surface area contributed by atoms with E-state index in [4.69, 9.17) is 0 Å². The molecule has 0 bridgehead atoms. The summed E-state index contributed by atoms with van der Waals surface area (Å²) in [6, 6.07) is 8.48. The fourth-order valence-corrected chi connectivity index (χ4v) is 4.70. The van der Waals surface area contributed by atoms with Crippen molar-refractivity contribution in [1.29, 1.82) is 0 Å². The number of hydrogen-bond donors (Lipinski definition) is 1. The molecule has 0 unspecified atom stereocenters. The first-order valence-corrected chi connectivity index (χ1v) is 10.4. The minimum Gasteiger partial charge on any atom is -0.355 e. The maximum Gasteiger partial charge on any atom is 0.220 e. The van der Waals surface area contributed by atoms with Gasteiger partial charge in [-0.3, -0.25) is 4.79 Å². The average Bonchev–Trinajstić information content (AvgIpc) is 2.54. The van der Waals surface area contributed by atoms with Gasteiger partial charge in [-0.05, 0) is 31.9 Å². The number of amides is 1. The first-order chi connectivity index (χ1) is 10.7. The molecule has 0 heterocycles. The molecule has 1 aliphatic carbocycles. The van der Waals surface area contributed by atoms with Crippen LogP contribution in [0.1, 0.15) is 44.1 Å². The van der Waals surface area contributed by atoms with E-state index in [1.54, 1.807) is 11.8 Å². The Morgan fingerprint density at radius 2 is 1.86 bits per heavy atom. The summed E-state index contributed by atoms with van der Waals surface area (Å²) in [5.74, 6) is 2.09. The molecule has 0 spiro atoms. The smallest absolute Gasteiger partial charge is 0.220 e. The molecule has 0 aliphatic heterocycles. The highest BCUT2D eigenvalue weighted by Gasteiger charge is 2.13. The average molecular weight is 338 g/mol. The Morgan fingerprint density at radius 1 is 1.14 bits per heavy atom. The summed E-state index contributed by atoms with van der Waals surface area (Å²) in [6.07, 6.45) is 7.53. The van der Waals surface area contributed by atoms with Crippen LogP contribution in [0.5, 0.6) is 0 Å². The third kappa shape index (κ3) is 7.10. The number of hydrogen-bond acceptors (Lipinski definition) is 3. The molecule has 122 valence electrons. The van der Waals surface area contributed by atoms with E-state index in [1.807, 2.05) is 11.8 Å². The van der Waals surface area contributed by atoms with Crippen molar-refractivity contribution >= 4 is 29.4 Å². The fourth-order valence-electron chi connectivity index (χ4n) is 2.63. The van der Waals surface area contributed by atoms with Crippen LogP contribution in [0, 0.1) is 6.92 Å². The van der Waals surface area contributed by atoms with Gasteiger partial charge in [-0.2, -0.15) is 11.8 Å². The van der Waals surface area contributed by atoms with Crippen LogP contribution in [0.4, 0.5) is 0 Å². The van der Waals surface area contributed by atoms with E-state index in [-0.39, 0.29) is 5.91 Å². The van der Waals surface area contributed by atoms with E-state index in [0.29, 0.717) is 6.42 Å². The van der Waals surface area contributed by atoms with E-state index in [9.17, 15) is 4.79 Å². The Bertz CT molecular complexity index is 441. The van der Waals surface area contributed by atoms with Crippen molar-refractivity contribution in [3.63, 3.8) is 0 Å². The lowest BCUT2D eigenvalue weighted by Crippen LogP contribution is -2.26. The van der Waals surface area contributed by atoms with Gasteiger partial charge in [0.2, 0.25) is 5.91 Å². The van der Waals surface area contributed by atoms with E-state index in [0.717, 1.165) is 23.3 Å². The lowest BCUT2D eigenvalue weighted by atomic mass is 10.0. The van der Waals surface area contributed by atoms with E-state index < -0.39 is 0 Å². The van der Waals surface area contributed by atoms with Gasteiger partial charge in [0.1, 0.15) is 0 Å². The van der Waals surface area contributed by atoms with Crippen LogP contribution in [-0.2, 0) is 4.79 Å². The van der Waals surface area contributed by atoms with Crippen molar-refractivity contribution in [2.75, 3.05) is 18.1 Å². The molecule has 0 aromatic heterocycles. The van der Waals surface area contributed by atoms with Gasteiger partial charge < -0.3 is 5.32 Å². The summed E-state index contributed by atoms with van der Waals surface area (Å²) in [5.41, 5.74) is 1.28. The summed E-state index contributed by atoms with van der Waals surface area (Å²) in [4.78, 5) is 13.0. The Morgan fingerprint density at radius 3 is 2.59 bits per heavy atom. The van der Waals surface area contributed by atoms with Gasteiger partial charge >= 0.3 is 0 Å². The Hall–Kier alpha value is -0.610. The molecular formula is C18H27NOS2. The predicted molar refractivity (Wildman–Crippen MR) is 98.9 cm³/mol. The lowest BCUT2D eigenvalue weighted by Gasteiger charge is -2.20. The molecule has 1 aliphatic rings. The number of carbonyl (C=O) groups excluding carboxylic acids is 1. The number of carbonyl (C=O) groups is 1. The van der Waals surface area contributed by atoms with E-state index in [2.05, 4.69) is 36.5 Å². The van der Waals surface area contributed by atoms with Crippen LogP contribution >= 0.6 is 23.5 Å². The number of aryl methyl sites for hydroxylation is 1. The number of thioether (sulfide) groups is 2. The maximum atomic E-state index is 11.8. The molecule has 1 amide bonds. The van der Waals surface area contributed by atoms with Gasteiger partial charge in [-0.1, -0.05) is 37.0 Å². The predicted octanol–water partition coefficient (Wildman–Crippen LogP) is 4.66. The van der Waals surface area contributed by atoms with Crippen molar-refractivity contribution in [3.8, 4) is 0 Å². The topological polar surface area (TPSA) is 29.1 Å². The van der Waals surface area contributed by atoms with Crippen molar-refractivity contribution in [2.45, 2.75) is 55.6 Å². The Labute approximate surface area is 143 Å². The summed E-state index contributed by atoms with van der Waals surface area (Å²) < 4.78 is 0. The first kappa shape index (κ1) is 17.7. The zero-order valence-corrected chi connectivity index (χ0v) is 15.1. The van der Waals surface area contributed by atoms with Gasteiger partial charge in [-0.15, -0.1) is 11.8 Å². The number of nitrogens with one attached hydrogen (secondary N) is 1. The molecule has 0 saturated heterocycles. The summed E-state index contributed by atoms with van der Waals surface area (Å²) in [7, 11) is 0. The van der Waals surface area contributed by atoms with Gasteiger partial charge in [0.15, 0.2) is 0 Å². The van der Waals surface area contributed by atoms with Crippen molar-refractivity contribution in [1.82, 2.24) is 5.32 Å². The molecule has 1 saturated carbocycles. The normalized spacial score (nSPS) is 15.7. The molecule has 1 fully saturated rings. The molecular weight excluding hydrogens is 310 g/mol. The van der Waals surface area contributed by atoms with Crippen molar-refractivity contribution in [2.24, 2.45) is 0 Å². The van der Waals surface area contributed by atoms with Gasteiger partial charge in [0, 0.05) is 34.6 Å². The highest BCUT2D eigenvalue weighted by atomic mass is 32.2. The maximum absolute atomic E-state index is 11.8. The van der Waals surface area contributed by atoms with E-state index >= 15 is 0 Å². The molecule has 2 nitrogen and oxygen atoms in total. The van der Waals surface area contributed by atoms with Crippen LogP contribution in [0.3, 0.4) is 0 Å². The molecule has 4 heteroatoms. The van der Waals surface area contributed by atoms with E-state index in [1.165, 1.54) is 42.6 Å². The largest absolute Gasteiger partial charge is 0.355 e. The Balaban J connectivity index is 1.49. The molecule has 1 aromatic rings. The minimum absolute atomic E-state index is 0.184. The van der Waals surface area contributed by atoms with Crippen LogP contribution in [0.25, 0.3) is 0 Å². The monoisotopic (exact) mass is 337 g/mol. The second-order valence-electron chi connectivity index (χ2n) is 5.89. The third-order valence-corrected chi connectivity index (χ3v) is 6.35.